The number of hydrogen-bond acceptors (Lipinski definition) is 7. The molecule has 0 spiro atoms. The van der Waals surface area contributed by atoms with Crippen molar-refractivity contribution in [3.8, 4) is 5.75 Å². The summed E-state index contributed by atoms with van der Waals surface area (Å²) < 4.78 is 5.78. The third kappa shape index (κ3) is 4.76. The average Bonchev–Trinajstić information content (AvgIpc) is 3.25. The lowest BCUT2D eigenvalue weighted by Crippen LogP contribution is -2.57. The number of benzene rings is 2. The molecule has 2 unspecified atom stereocenters. The highest BCUT2D eigenvalue weighted by Crippen LogP contribution is 2.29. The van der Waals surface area contributed by atoms with Gasteiger partial charge in [-0.25, -0.2) is 10.9 Å². The maximum atomic E-state index is 13.2. The first-order valence-electron chi connectivity index (χ1n) is 10.9. The van der Waals surface area contributed by atoms with Crippen molar-refractivity contribution in [1.82, 2.24) is 21.3 Å². The van der Waals surface area contributed by atoms with Gasteiger partial charge >= 0.3 is 0 Å². The molecule has 2 aliphatic rings. The first-order chi connectivity index (χ1) is 15.1. The fourth-order valence-corrected chi connectivity index (χ4v) is 4.06. The summed E-state index contributed by atoms with van der Waals surface area (Å²) in [5.41, 5.74) is 13.6. The number of piperazine rings is 1. The number of para-hydroxylation sites is 2. The Hall–Kier alpha value is -2.81. The lowest BCUT2D eigenvalue weighted by molar-refractivity contribution is -0.133. The summed E-state index contributed by atoms with van der Waals surface area (Å²) in [5.74, 6) is 0.977. The molecule has 166 valence electrons. The molecule has 4 N–H and O–H groups in total. The van der Waals surface area contributed by atoms with E-state index in [2.05, 4.69) is 58.6 Å². The molecule has 4 rings (SSSR count). The molecule has 1 amide bonds. The van der Waals surface area contributed by atoms with Gasteiger partial charge in [0.2, 0.25) is 5.91 Å². The first kappa shape index (κ1) is 21.4. The van der Waals surface area contributed by atoms with Crippen molar-refractivity contribution in [1.29, 1.82) is 0 Å². The van der Waals surface area contributed by atoms with E-state index in [0.717, 1.165) is 30.2 Å². The van der Waals surface area contributed by atoms with Gasteiger partial charge in [-0.15, -0.1) is 0 Å². The molecule has 0 radical (unpaired) electrons. The SMILES string of the molecule is CCOc1ccccc1N1CCN(C(=O)C2NNNC2Nc2ccc(C)c(C)c2)CC1. The van der Waals surface area contributed by atoms with Gasteiger partial charge in [-0.3, -0.25) is 4.79 Å². The largest absolute Gasteiger partial charge is 0.492 e. The van der Waals surface area contributed by atoms with Crippen molar-refractivity contribution in [2.45, 2.75) is 33.0 Å². The molecule has 2 aliphatic heterocycles. The molecule has 8 heteroatoms. The van der Waals surface area contributed by atoms with Crippen molar-refractivity contribution >= 4 is 17.3 Å². The molecule has 31 heavy (non-hydrogen) atoms. The van der Waals surface area contributed by atoms with Crippen LogP contribution in [0.3, 0.4) is 0 Å². The topological polar surface area (TPSA) is 80.9 Å². The monoisotopic (exact) mass is 424 g/mol. The molecule has 0 aromatic heterocycles. The molecular formula is C23H32N6O2. The van der Waals surface area contributed by atoms with Gasteiger partial charge < -0.3 is 19.9 Å². The highest BCUT2D eigenvalue weighted by molar-refractivity contribution is 5.84. The molecule has 2 heterocycles. The van der Waals surface area contributed by atoms with E-state index in [-0.39, 0.29) is 12.1 Å². The number of amides is 1. The minimum absolute atomic E-state index is 0.0802. The summed E-state index contributed by atoms with van der Waals surface area (Å²) >= 11 is 0. The zero-order chi connectivity index (χ0) is 21.8. The highest BCUT2D eigenvalue weighted by atomic mass is 16.5. The summed E-state index contributed by atoms with van der Waals surface area (Å²) in [6, 6.07) is 13.9. The van der Waals surface area contributed by atoms with Crippen LogP contribution in [0.1, 0.15) is 18.1 Å². The molecule has 8 nitrogen and oxygen atoms in total. The van der Waals surface area contributed by atoms with Gasteiger partial charge in [0.15, 0.2) is 0 Å². The Morgan fingerprint density at radius 2 is 1.84 bits per heavy atom. The van der Waals surface area contributed by atoms with E-state index in [1.807, 2.05) is 36.1 Å². The van der Waals surface area contributed by atoms with Gasteiger partial charge in [0.1, 0.15) is 18.0 Å². The number of carbonyl (C=O) groups excluding carboxylic acids is 1. The number of nitrogens with zero attached hydrogens (tertiary/aromatic N) is 2. The second kappa shape index (κ2) is 9.55. The normalized spacial score (nSPS) is 21.3. The van der Waals surface area contributed by atoms with Gasteiger partial charge in [0, 0.05) is 31.9 Å². The van der Waals surface area contributed by atoms with Crippen LogP contribution in [-0.4, -0.2) is 55.8 Å². The molecule has 2 aromatic rings. The maximum absolute atomic E-state index is 13.2. The Labute approximate surface area is 183 Å². The Kier molecular flexibility index (Phi) is 6.60. The van der Waals surface area contributed by atoms with Crippen molar-refractivity contribution in [3.63, 3.8) is 0 Å². The summed E-state index contributed by atoms with van der Waals surface area (Å²) in [6.07, 6.45) is -0.244. The number of hydrogen-bond donors (Lipinski definition) is 4. The lowest BCUT2D eigenvalue weighted by atomic mass is 10.1. The maximum Gasteiger partial charge on any atom is 0.244 e. The van der Waals surface area contributed by atoms with Crippen LogP contribution in [0, 0.1) is 13.8 Å². The summed E-state index contributed by atoms with van der Waals surface area (Å²) in [5, 5.41) is 3.42. The zero-order valence-electron chi connectivity index (χ0n) is 18.4. The fraction of sp³-hybridized carbons (Fsp3) is 0.435. The molecular weight excluding hydrogens is 392 g/mol. The standard InChI is InChI=1S/C23H32N6O2/c1-4-31-20-8-6-5-7-19(20)28-11-13-29(14-12-28)23(30)21-22(26-27-25-21)24-18-10-9-16(2)17(3)15-18/h5-10,15,21-22,24-27H,4,11-14H2,1-3H3. The second-order valence-electron chi connectivity index (χ2n) is 8.03. The fourth-order valence-electron chi connectivity index (χ4n) is 4.06. The van der Waals surface area contributed by atoms with Crippen LogP contribution in [0.5, 0.6) is 5.75 Å². The number of carbonyl (C=O) groups is 1. The van der Waals surface area contributed by atoms with Crippen LogP contribution in [0.4, 0.5) is 11.4 Å². The van der Waals surface area contributed by atoms with Gasteiger partial charge in [-0.2, -0.15) is 5.53 Å². The van der Waals surface area contributed by atoms with Gasteiger partial charge in [-0.05, 0) is 56.2 Å². The Morgan fingerprint density at radius 3 is 2.58 bits per heavy atom. The summed E-state index contributed by atoms with van der Waals surface area (Å²) in [7, 11) is 0. The highest BCUT2D eigenvalue weighted by Gasteiger charge is 2.36. The minimum Gasteiger partial charge on any atom is -0.492 e. The Morgan fingerprint density at radius 1 is 1.06 bits per heavy atom. The van der Waals surface area contributed by atoms with E-state index in [9.17, 15) is 4.79 Å². The number of ether oxygens (including phenoxy) is 1. The average molecular weight is 425 g/mol. The van der Waals surface area contributed by atoms with Gasteiger partial charge in [-0.1, -0.05) is 18.2 Å². The lowest BCUT2D eigenvalue weighted by Gasteiger charge is -2.38. The number of aryl methyl sites for hydroxylation is 2. The van der Waals surface area contributed by atoms with Crippen LogP contribution in [0.2, 0.25) is 0 Å². The van der Waals surface area contributed by atoms with Crippen molar-refractivity contribution in [3.05, 3.63) is 53.6 Å². The van der Waals surface area contributed by atoms with E-state index in [1.54, 1.807) is 0 Å². The van der Waals surface area contributed by atoms with Crippen LogP contribution < -0.4 is 31.3 Å². The van der Waals surface area contributed by atoms with Crippen molar-refractivity contribution in [2.24, 2.45) is 0 Å². The van der Waals surface area contributed by atoms with Crippen LogP contribution >= 0.6 is 0 Å². The number of anilines is 2. The summed E-state index contributed by atoms with van der Waals surface area (Å²) in [6.45, 7) is 9.71. The minimum atomic E-state index is -0.399. The molecule has 2 fully saturated rings. The smallest absolute Gasteiger partial charge is 0.244 e. The predicted octanol–water partition coefficient (Wildman–Crippen LogP) is 1.77. The van der Waals surface area contributed by atoms with Crippen LogP contribution in [0.15, 0.2) is 42.5 Å². The number of nitrogens with one attached hydrogen (secondary N) is 4. The molecule has 0 bridgehead atoms. The van der Waals surface area contributed by atoms with E-state index in [4.69, 9.17) is 4.74 Å². The van der Waals surface area contributed by atoms with E-state index in [0.29, 0.717) is 19.7 Å². The molecule has 0 saturated carbocycles. The molecule has 2 atom stereocenters. The summed E-state index contributed by atoms with van der Waals surface area (Å²) in [4.78, 5) is 17.5. The number of rotatable bonds is 6. The third-order valence-electron chi connectivity index (χ3n) is 5.98. The van der Waals surface area contributed by atoms with Gasteiger partial charge in [0.25, 0.3) is 0 Å². The Bertz CT molecular complexity index is 913. The zero-order valence-corrected chi connectivity index (χ0v) is 18.4. The van der Waals surface area contributed by atoms with Gasteiger partial charge in [0.05, 0.1) is 12.3 Å². The van der Waals surface area contributed by atoms with E-state index < -0.39 is 6.04 Å². The Balaban J connectivity index is 1.37. The predicted molar refractivity (Wildman–Crippen MR) is 123 cm³/mol. The third-order valence-corrected chi connectivity index (χ3v) is 5.98. The first-order valence-corrected chi connectivity index (χ1v) is 10.9. The number of hydrazine groups is 2. The van der Waals surface area contributed by atoms with Crippen LogP contribution in [0.25, 0.3) is 0 Å². The quantitative estimate of drug-likeness (QED) is 0.563. The van der Waals surface area contributed by atoms with Crippen molar-refractivity contribution in [2.75, 3.05) is 43.0 Å². The van der Waals surface area contributed by atoms with Crippen LogP contribution in [-0.2, 0) is 4.79 Å². The second-order valence-corrected chi connectivity index (χ2v) is 8.03. The van der Waals surface area contributed by atoms with E-state index >= 15 is 0 Å². The molecule has 2 aromatic carbocycles. The molecule has 0 aliphatic carbocycles. The molecule has 2 saturated heterocycles. The van der Waals surface area contributed by atoms with Crippen molar-refractivity contribution < 1.29 is 9.53 Å². The van der Waals surface area contributed by atoms with E-state index in [1.165, 1.54) is 11.1 Å².